The van der Waals surface area contributed by atoms with Gasteiger partial charge in [0, 0.05) is 12.4 Å². The normalized spacial score (nSPS) is 13.0. The van der Waals surface area contributed by atoms with E-state index in [9.17, 15) is 10.1 Å². The van der Waals surface area contributed by atoms with Gasteiger partial charge in [0.2, 0.25) is 5.91 Å². The van der Waals surface area contributed by atoms with Crippen LogP contribution in [0.15, 0.2) is 54.9 Å². The lowest BCUT2D eigenvalue weighted by Gasteiger charge is -2.16. The third kappa shape index (κ3) is 3.21. The Bertz CT molecular complexity index is 605. The highest BCUT2D eigenvalue weighted by atomic mass is 16.1. The molecule has 2 aromatic rings. The Balaban J connectivity index is 2.10. The molecule has 0 bridgehead atoms. The van der Waals surface area contributed by atoms with Crippen LogP contribution in [0, 0.1) is 11.3 Å². The number of nitrogens with one attached hydrogen (secondary N) is 1. The van der Waals surface area contributed by atoms with Gasteiger partial charge in [0.25, 0.3) is 0 Å². The van der Waals surface area contributed by atoms with Crippen LogP contribution in [-0.4, -0.2) is 10.9 Å². The predicted octanol–water partition coefficient (Wildman–Crippen LogP) is 2.57. The van der Waals surface area contributed by atoms with Gasteiger partial charge in [0.1, 0.15) is 5.92 Å². The first-order valence-electron chi connectivity index (χ1n) is 6.37. The number of carbonyl (C=O) groups is 1. The number of amides is 1. The van der Waals surface area contributed by atoms with Crippen LogP contribution < -0.4 is 5.32 Å². The summed E-state index contributed by atoms with van der Waals surface area (Å²) in [7, 11) is 0. The van der Waals surface area contributed by atoms with Crippen LogP contribution in [0.25, 0.3) is 0 Å². The molecule has 0 aliphatic carbocycles. The Kier molecular flexibility index (Phi) is 4.46. The van der Waals surface area contributed by atoms with Gasteiger partial charge >= 0.3 is 0 Å². The fraction of sp³-hybridized carbons (Fsp3) is 0.188. The molecule has 4 nitrogen and oxygen atoms in total. The van der Waals surface area contributed by atoms with Crippen molar-refractivity contribution in [3.8, 4) is 6.07 Å². The minimum absolute atomic E-state index is 0.162. The van der Waals surface area contributed by atoms with E-state index in [2.05, 4.69) is 16.4 Å². The fourth-order valence-electron chi connectivity index (χ4n) is 1.96. The number of aromatic nitrogens is 1. The third-order valence-electron chi connectivity index (χ3n) is 3.09. The maximum atomic E-state index is 12.2. The van der Waals surface area contributed by atoms with E-state index in [4.69, 9.17) is 0 Å². The van der Waals surface area contributed by atoms with Gasteiger partial charge in [-0.2, -0.15) is 5.26 Å². The summed E-state index contributed by atoms with van der Waals surface area (Å²) in [5, 5.41) is 12.1. The molecule has 4 heteroatoms. The second-order valence-corrected chi connectivity index (χ2v) is 4.48. The molecule has 2 atom stereocenters. The van der Waals surface area contributed by atoms with Gasteiger partial charge in [-0.15, -0.1) is 0 Å². The number of carbonyl (C=O) groups excluding carboxylic acids is 1. The Morgan fingerprint density at radius 3 is 2.40 bits per heavy atom. The molecule has 1 N–H and O–H groups in total. The summed E-state index contributed by atoms with van der Waals surface area (Å²) in [6.07, 6.45) is 3.36. The molecule has 0 saturated heterocycles. The van der Waals surface area contributed by atoms with Gasteiger partial charge in [-0.25, -0.2) is 0 Å². The van der Waals surface area contributed by atoms with Crippen molar-refractivity contribution in [2.24, 2.45) is 0 Å². The molecule has 2 unspecified atom stereocenters. The molecule has 0 aliphatic heterocycles. The zero-order valence-electron chi connectivity index (χ0n) is 11.2. The molecule has 1 amide bonds. The van der Waals surface area contributed by atoms with Crippen LogP contribution >= 0.6 is 0 Å². The van der Waals surface area contributed by atoms with Crippen LogP contribution in [0.3, 0.4) is 0 Å². The summed E-state index contributed by atoms with van der Waals surface area (Å²) < 4.78 is 0. The van der Waals surface area contributed by atoms with E-state index in [0.29, 0.717) is 5.56 Å². The lowest BCUT2D eigenvalue weighted by Crippen LogP contribution is -2.31. The quantitative estimate of drug-likeness (QED) is 0.924. The molecule has 0 radical (unpaired) electrons. The maximum Gasteiger partial charge on any atom is 0.242 e. The Morgan fingerprint density at radius 1 is 1.15 bits per heavy atom. The van der Waals surface area contributed by atoms with Gasteiger partial charge in [-0.3, -0.25) is 9.78 Å². The largest absolute Gasteiger partial charge is 0.348 e. The van der Waals surface area contributed by atoms with Crippen molar-refractivity contribution in [1.29, 1.82) is 5.26 Å². The maximum absolute atomic E-state index is 12.2. The predicted molar refractivity (Wildman–Crippen MR) is 75.6 cm³/mol. The SMILES string of the molecule is CC(NC(=O)C(C#N)c1ccccc1)c1ccncc1. The highest BCUT2D eigenvalue weighted by molar-refractivity contribution is 5.86. The van der Waals surface area contributed by atoms with E-state index in [1.807, 2.05) is 37.3 Å². The van der Waals surface area contributed by atoms with E-state index < -0.39 is 5.92 Å². The van der Waals surface area contributed by atoms with Gasteiger partial charge in [-0.1, -0.05) is 30.3 Å². The van der Waals surface area contributed by atoms with Crippen LogP contribution in [0.2, 0.25) is 0 Å². The monoisotopic (exact) mass is 265 g/mol. The van der Waals surface area contributed by atoms with Crippen molar-refractivity contribution in [1.82, 2.24) is 10.3 Å². The summed E-state index contributed by atoms with van der Waals surface area (Å²) in [4.78, 5) is 16.1. The van der Waals surface area contributed by atoms with Gasteiger partial charge < -0.3 is 5.32 Å². The average molecular weight is 265 g/mol. The minimum atomic E-state index is -0.791. The third-order valence-corrected chi connectivity index (χ3v) is 3.09. The van der Waals surface area contributed by atoms with Gasteiger partial charge in [0.15, 0.2) is 0 Å². The Labute approximate surface area is 118 Å². The van der Waals surface area contributed by atoms with Crippen LogP contribution in [0.4, 0.5) is 0 Å². The first-order valence-corrected chi connectivity index (χ1v) is 6.37. The molecule has 2 rings (SSSR count). The van der Waals surface area contributed by atoms with Crippen molar-refractivity contribution in [2.75, 3.05) is 0 Å². The van der Waals surface area contributed by atoms with Crippen LogP contribution in [-0.2, 0) is 4.79 Å². The summed E-state index contributed by atoms with van der Waals surface area (Å²) in [5.41, 5.74) is 1.66. The Morgan fingerprint density at radius 2 is 1.80 bits per heavy atom. The highest BCUT2D eigenvalue weighted by Gasteiger charge is 2.21. The van der Waals surface area contributed by atoms with Crippen LogP contribution in [0.5, 0.6) is 0 Å². The second kappa shape index (κ2) is 6.48. The second-order valence-electron chi connectivity index (χ2n) is 4.48. The van der Waals surface area contributed by atoms with Gasteiger partial charge in [-0.05, 0) is 30.2 Å². The number of benzene rings is 1. The summed E-state index contributed by atoms with van der Waals surface area (Å²) >= 11 is 0. The molecular weight excluding hydrogens is 250 g/mol. The first-order chi connectivity index (χ1) is 9.72. The molecule has 0 fully saturated rings. The molecular formula is C16H15N3O. The zero-order valence-corrected chi connectivity index (χ0v) is 11.2. The number of nitriles is 1. The molecule has 0 saturated carbocycles. The smallest absolute Gasteiger partial charge is 0.242 e. The summed E-state index contributed by atoms with van der Waals surface area (Å²) in [6, 6.07) is 14.6. The van der Waals surface area contributed by atoms with E-state index in [1.54, 1.807) is 24.5 Å². The number of rotatable bonds is 4. The molecule has 100 valence electrons. The van der Waals surface area contributed by atoms with E-state index >= 15 is 0 Å². The van der Waals surface area contributed by atoms with E-state index in [0.717, 1.165) is 5.56 Å². The topological polar surface area (TPSA) is 65.8 Å². The average Bonchev–Trinajstić information content (AvgIpc) is 2.50. The van der Waals surface area contributed by atoms with E-state index in [1.165, 1.54) is 0 Å². The van der Waals surface area contributed by atoms with E-state index in [-0.39, 0.29) is 11.9 Å². The summed E-state index contributed by atoms with van der Waals surface area (Å²) in [5.74, 6) is -1.08. The lowest BCUT2D eigenvalue weighted by molar-refractivity contribution is -0.122. The minimum Gasteiger partial charge on any atom is -0.348 e. The van der Waals surface area contributed by atoms with Gasteiger partial charge in [0.05, 0.1) is 12.1 Å². The fourth-order valence-corrected chi connectivity index (χ4v) is 1.96. The van der Waals surface area contributed by atoms with Crippen LogP contribution in [0.1, 0.15) is 30.0 Å². The zero-order chi connectivity index (χ0) is 14.4. The standard InChI is InChI=1S/C16H15N3O/c1-12(13-7-9-18-10-8-13)19-16(20)15(11-17)14-5-3-2-4-6-14/h2-10,12,15H,1H3,(H,19,20). The van der Waals surface area contributed by atoms with Crippen molar-refractivity contribution < 1.29 is 4.79 Å². The number of pyridine rings is 1. The molecule has 1 aromatic carbocycles. The van der Waals surface area contributed by atoms with Crippen molar-refractivity contribution in [3.63, 3.8) is 0 Å². The lowest BCUT2D eigenvalue weighted by atomic mass is 9.99. The number of nitrogens with zero attached hydrogens (tertiary/aromatic N) is 2. The molecule has 1 heterocycles. The molecule has 0 spiro atoms. The Hall–Kier alpha value is -2.67. The highest BCUT2D eigenvalue weighted by Crippen LogP contribution is 2.17. The molecule has 1 aromatic heterocycles. The van der Waals surface area contributed by atoms with Crippen molar-refractivity contribution in [3.05, 3.63) is 66.0 Å². The number of hydrogen-bond acceptors (Lipinski definition) is 3. The molecule has 0 aliphatic rings. The van der Waals surface area contributed by atoms with Crippen molar-refractivity contribution >= 4 is 5.91 Å². The molecule has 20 heavy (non-hydrogen) atoms. The van der Waals surface area contributed by atoms with Crippen molar-refractivity contribution in [2.45, 2.75) is 18.9 Å². The first kappa shape index (κ1) is 13.8. The summed E-state index contributed by atoms with van der Waals surface area (Å²) in [6.45, 7) is 1.88. The number of hydrogen-bond donors (Lipinski definition) is 1.